The molecule has 0 aliphatic rings. The fourth-order valence-corrected chi connectivity index (χ4v) is 3.28. The summed E-state index contributed by atoms with van der Waals surface area (Å²) in [6.07, 6.45) is -0.103. The van der Waals surface area contributed by atoms with Crippen LogP contribution in [0.15, 0.2) is 36.7 Å². The molecular formula is C19H18ClF3N4O. The molecule has 2 aromatic heterocycles. The van der Waals surface area contributed by atoms with Crippen LogP contribution in [0.3, 0.4) is 0 Å². The molecule has 2 heterocycles. The number of aliphatic hydroxyl groups is 1. The van der Waals surface area contributed by atoms with Crippen molar-refractivity contribution < 1.29 is 18.3 Å². The van der Waals surface area contributed by atoms with Gasteiger partial charge in [-0.25, -0.2) is 4.39 Å². The smallest absolute Gasteiger partial charge is 0.278 e. The van der Waals surface area contributed by atoms with Crippen LogP contribution >= 0.6 is 11.6 Å². The van der Waals surface area contributed by atoms with Gasteiger partial charge in [-0.2, -0.15) is 19.0 Å². The summed E-state index contributed by atoms with van der Waals surface area (Å²) in [5.74, 6) is -0.545. The Morgan fingerprint density at radius 2 is 1.93 bits per heavy atom. The number of benzene rings is 1. The SMILES string of the molecule is CCn1cc(C(=C(F)F)c2cn(C)nc2-c2ccc(F)cc2[C@@H](C)O)c(Cl)n1. The highest BCUT2D eigenvalue weighted by Crippen LogP contribution is 2.39. The van der Waals surface area contributed by atoms with Crippen molar-refractivity contribution in [2.24, 2.45) is 7.05 Å². The number of aliphatic hydroxyl groups excluding tert-OH is 1. The van der Waals surface area contributed by atoms with E-state index in [1.807, 2.05) is 6.92 Å². The van der Waals surface area contributed by atoms with Crippen LogP contribution in [0.25, 0.3) is 16.8 Å². The van der Waals surface area contributed by atoms with Crippen LogP contribution in [0.5, 0.6) is 0 Å². The van der Waals surface area contributed by atoms with Crippen LogP contribution in [-0.4, -0.2) is 24.7 Å². The molecule has 0 saturated carbocycles. The van der Waals surface area contributed by atoms with E-state index in [9.17, 15) is 18.3 Å². The zero-order valence-electron chi connectivity index (χ0n) is 15.4. The van der Waals surface area contributed by atoms with E-state index in [0.29, 0.717) is 12.1 Å². The van der Waals surface area contributed by atoms with E-state index in [4.69, 9.17) is 11.6 Å². The summed E-state index contributed by atoms with van der Waals surface area (Å²) in [5.41, 5.74) is 0.542. The van der Waals surface area contributed by atoms with E-state index in [-0.39, 0.29) is 27.5 Å². The van der Waals surface area contributed by atoms with Gasteiger partial charge in [0.05, 0.1) is 11.7 Å². The average Bonchev–Trinajstić information content (AvgIpc) is 3.18. The third-order valence-electron chi connectivity index (χ3n) is 4.32. The van der Waals surface area contributed by atoms with Crippen LogP contribution in [0, 0.1) is 5.82 Å². The first kappa shape index (κ1) is 20.2. The number of aryl methyl sites for hydroxylation is 2. The molecular weight excluding hydrogens is 393 g/mol. The van der Waals surface area contributed by atoms with E-state index < -0.39 is 23.6 Å². The van der Waals surface area contributed by atoms with Gasteiger partial charge in [0.25, 0.3) is 6.08 Å². The summed E-state index contributed by atoms with van der Waals surface area (Å²) >= 11 is 6.10. The Hall–Kier alpha value is -2.58. The maximum absolute atomic E-state index is 14.0. The van der Waals surface area contributed by atoms with Crippen molar-refractivity contribution >= 4 is 17.2 Å². The first-order valence-corrected chi connectivity index (χ1v) is 8.91. The third kappa shape index (κ3) is 3.70. The maximum Gasteiger partial charge on any atom is 0.278 e. The van der Waals surface area contributed by atoms with Crippen LogP contribution in [-0.2, 0) is 13.6 Å². The van der Waals surface area contributed by atoms with Gasteiger partial charge in [0.1, 0.15) is 11.5 Å². The van der Waals surface area contributed by atoms with Gasteiger partial charge >= 0.3 is 0 Å². The Labute approximate surface area is 164 Å². The molecule has 0 aliphatic carbocycles. The Kier molecular flexibility index (Phi) is 5.62. The van der Waals surface area contributed by atoms with E-state index in [1.165, 1.54) is 40.8 Å². The van der Waals surface area contributed by atoms with Crippen LogP contribution < -0.4 is 0 Å². The highest BCUT2D eigenvalue weighted by atomic mass is 35.5. The molecule has 1 atom stereocenters. The minimum Gasteiger partial charge on any atom is -0.389 e. The van der Waals surface area contributed by atoms with Crippen LogP contribution in [0.2, 0.25) is 5.15 Å². The molecule has 3 aromatic rings. The first-order chi connectivity index (χ1) is 13.2. The Bertz CT molecular complexity index is 1050. The quantitative estimate of drug-likeness (QED) is 0.657. The van der Waals surface area contributed by atoms with Crippen molar-refractivity contribution in [3.05, 3.63) is 64.3 Å². The highest BCUT2D eigenvalue weighted by Gasteiger charge is 2.26. The second kappa shape index (κ2) is 7.81. The lowest BCUT2D eigenvalue weighted by atomic mass is 9.94. The summed E-state index contributed by atoms with van der Waals surface area (Å²) < 4.78 is 44.6. The summed E-state index contributed by atoms with van der Waals surface area (Å²) in [6.45, 7) is 3.74. The van der Waals surface area contributed by atoms with Gasteiger partial charge < -0.3 is 5.11 Å². The van der Waals surface area contributed by atoms with Gasteiger partial charge in [0.15, 0.2) is 5.15 Å². The topological polar surface area (TPSA) is 55.9 Å². The zero-order chi connectivity index (χ0) is 20.6. The Morgan fingerprint density at radius 3 is 2.50 bits per heavy atom. The van der Waals surface area contributed by atoms with E-state index in [0.717, 1.165) is 6.07 Å². The molecule has 0 aliphatic heterocycles. The average molecular weight is 411 g/mol. The molecule has 0 saturated heterocycles. The lowest BCUT2D eigenvalue weighted by Gasteiger charge is -2.13. The monoisotopic (exact) mass is 410 g/mol. The number of aromatic nitrogens is 4. The van der Waals surface area contributed by atoms with E-state index in [1.54, 1.807) is 7.05 Å². The van der Waals surface area contributed by atoms with Crippen LogP contribution in [0.1, 0.15) is 36.6 Å². The van der Waals surface area contributed by atoms with Crippen LogP contribution in [0.4, 0.5) is 13.2 Å². The highest BCUT2D eigenvalue weighted by molar-refractivity contribution is 6.31. The fourth-order valence-electron chi connectivity index (χ4n) is 3.04. The Morgan fingerprint density at radius 1 is 1.21 bits per heavy atom. The second-order valence-electron chi connectivity index (χ2n) is 6.30. The molecule has 1 N–H and O–H groups in total. The maximum atomic E-state index is 14.0. The minimum atomic E-state index is -1.95. The number of halogens is 4. The predicted octanol–water partition coefficient (Wildman–Crippen LogP) is 4.81. The summed E-state index contributed by atoms with van der Waals surface area (Å²) in [7, 11) is 1.59. The Balaban J connectivity index is 2.27. The second-order valence-corrected chi connectivity index (χ2v) is 6.66. The molecule has 0 spiro atoms. The van der Waals surface area contributed by atoms with E-state index in [2.05, 4.69) is 10.2 Å². The first-order valence-electron chi connectivity index (χ1n) is 8.53. The van der Waals surface area contributed by atoms with Gasteiger partial charge in [-0.15, -0.1) is 0 Å². The molecule has 9 heteroatoms. The number of hydrogen-bond acceptors (Lipinski definition) is 3. The van der Waals surface area contributed by atoms with Gasteiger partial charge in [-0.1, -0.05) is 11.6 Å². The summed E-state index contributed by atoms with van der Waals surface area (Å²) in [5, 5.41) is 18.3. The molecule has 0 unspecified atom stereocenters. The molecule has 0 radical (unpaired) electrons. The zero-order valence-corrected chi connectivity index (χ0v) is 16.2. The van der Waals surface area contributed by atoms with Crippen molar-refractivity contribution in [1.29, 1.82) is 0 Å². The normalized spacial score (nSPS) is 12.3. The summed E-state index contributed by atoms with van der Waals surface area (Å²) in [6, 6.07) is 3.76. The summed E-state index contributed by atoms with van der Waals surface area (Å²) in [4.78, 5) is 0. The lowest BCUT2D eigenvalue weighted by Crippen LogP contribution is -1.99. The number of rotatable bonds is 5. The largest absolute Gasteiger partial charge is 0.389 e. The fraction of sp³-hybridized carbons (Fsp3) is 0.263. The van der Waals surface area contributed by atoms with Gasteiger partial charge in [0.2, 0.25) is 0 Å². The van der Waals surface area contributed by atoms with Gasteiger partial charge in [-0.3, -0.25) is 9.36 Å². The molecule has 28 heavy (non-hydrogen) atoms. The van der Waals surface area contributed by atoms with Crippen molar-refractivity contribution in [2.75, 3.05) is 0 Å². The predicted molar refractivity (Wildman–Crippen MR) is 100 cm³/mol. The van der Waals surface area contributed by atoms with Gasteiger partial charge in [-0.05, 0) is 37.6 Å². The van der Waals surface area contributed by atoms with E-state index >= 15 is 0 Å². The standard InChI is InChI=1S/C19H18ClF3N4O/c1-4-27-9-15(18(20)25-27)16(19(22)23)14-8-26(3)24-17(14)12-6-5-11(21)7-13(12)10(2)28/h5-10,28H,4H2,1-3H3/t10-/m1/s1. The number of nitrogens with zero attached hydrogens (tertiary/aromatic N) is 4. The molecule has 5 nitrogen and oxygen atoms in total. The molecule has 0 bridgehead atoms. The molecule has 0 fully saturated rings. The van der Waals surface area contributed by atoms with Crippen molar-refractivity contribution in [1.82, 2.24) is 19.6 Å². The van der Waals surface area contributed by atoms with Crippen molar-refractivity contribution in [3.63, 3.8) is 0 Å². The third-order valence-corrected chi connectivity index (χ3v) is 4.60. The van der Waals surface area contributed by atoms with Crippen molar-refractivity contribution in [3.8, 4) is 11.3 Å². The molecule has 0 amide bonds. The lowest BCUT2D eigenvalue weighted by molar-refractivity contribution is 0.199. The molecule has 3 rings (SSSR count). The molecule has 148 valence electrons. The minimum absolute atomic E-state index is 0.0608. The number of hydrogen-bond donors (Lipinski definition) is 1. The van der Waals surface area contributed by atoms with Gasteiger partial charge in [0, 0.05) is 42.7 Å². The molecule has 1 aromatic carbocycles. The van der Waals surface area contributed by atoms with Crippen molar-refractivity contribution in [2.45, 2.75) is 26.5 Å².